The lowest BCUT2D eigenvalue weighted by Gasteiger charge is -2.03. The van der Waals surface area contributed by atoms with Crippen molar-refractivity contribution in [1.82, 2.24) is 0 Å². The molecule has 5 heteroatoms. The number of amidine groups is 1. The average Bonchev–Trinajstić information content (AvgIpc) is 2.66. The molecule has 1 aromatic carbocycles. The number of nitrogens with one attached hydrogen (secondary N) is 1. The molecule has 16 heavy (non-hydrogen) atoms. The van der Waals surface area contributed by atoms with Crippen LogP contribution in [0.4, 0.5) is 0 Å². The number of nitrogens with two attached hydrogens (primary N) is 1. The van der Waals surface area contributed by atoms with Crippen LogP contribution in [0.1, 0.15) is 5.76 Å². The molecule has 0 fully saturated rings. The highest BCUT2D eigenvalue weighted by Crippen LogP contribution is 2.35. The zero-order valence-corrected chi connectivity index (χ0v) is 11.3. The van der Waals surface area contributed by atoms with Gasteiger partial charge in [-0.25, -0.2) is 0 Å². The van der Waals surface area contributed by atoms with Crippen LogP contribution in [-0.4, -0.2) is 5.84 Å². The van der Waals surface area contributed by atoms with Crippen LogP contribution in [0.3, 0.4) is 0 Å². The van der Waals surface area contributed by atoms with Gasteiger partial charge in [-0.3, -0.25) is 5.41 Å². The Balaban J connectivity index is 2.54. The van der Waals surface area contributed by atoms with Crippen molar-refractivity contribution in [1.29, 1.82) is 5.41 Å². The number of rotatable bonds is 2. The van der Waals surface area contributed by atoms with Crippen molar-refractivity contribution in [3.8, 4) is 11.3 Å². The van der Waals surface area contributed by atoms with Gasteiger partial charge in [0.05, 0.1) is 0 Å². The molecule has 0 aliphatic rings. The molecule has 0 aliphatic heterocycles. The monoisotopic (exact) mass is 342 g/mol. The highest BCUT2D eigenvalue weighted by molar-refractivity contribution is 9.11. The average molecular weight is 344 g/mol. The topological polar surface area (TPSA) is 63.0 Å². The van der Waals surface area contributed by atoms with E-state index in [9.17, 15) is 0 Å². The van der Waals surface area contributed by atoms with Gasteiger partial charge in [0, 0.05) is 14.5 Å². The second-order valence-electron chi connectivity index (χ2n) is 3.17. The lowest BCUT2D eigenvalue weighted by Crippen LogP contribution is -2.09. The van der Waals surface area contributed by atoms with Crippen LogP contribution in [-0.2, 0) is 0 Å². The lowest BCUT2D eigenvalue weighted by molar-refractivity contribution is 0.570. The molecule has 3 nitrogen and oxygen atoms in total. The number of furan rings is 1. The molecule has 0 radical (unpaired) electrons. The van der Waals surface area contributed by atoms with Gasteiger partial charge in [0.15, 0.2) is 11.6 Å². The second-order valence-corrected chi connectivity index (χ2v) is 4.88. The van der Waals surface area contributed by atoms with E-state index in [-0.39, 0.29) is 5.84 Å². The first-order valence-electron chi connectivity index (χ1n) is 4.48. The van der Waals surface area contributed by atoms with Crippen LogP contribution >= 0.6 is 31.9 Å². The lowest BCUT2D eigenvalue weighted by atomic mass is 10.2. The van der Waals surface area contributed by atoms with Gasteiger partial charge in [-0.1, -0.05) is 6.07 Å². The third kappa shape index (κ3) is 2.05. The molecule has 0 aliphatic carbocycles. The van der Waals surface area contributed by atoms with Crippen LogP contribution in [0.5, 0.6) is 0 Å². The Labute approximate surface area is 109 Å². The molecule has 2 rings (SSSR count). The summed E-state index contributed by atoms with van der Waals surface area (Å²) in [6, 6.07) is 9.25. The smallest absolute Gasteiger partial charge is 0.168 e. The molecule has 1 aromatic heterocycles. The zero-order chi connectivity index (χ0) is 11.7. The van der Waals surface area contributed by atoms with Crippen LogP contribution in [0.2, 0.25) is 0 Å². The predicted molar refractivity (Wildman–Crippen MR) is 70.6 cm³/mol. The van der Waals surface area contributed by atoms with Crippen molar-refractivity contribution in [2.45, 2.75) is 0 Å². The van der Waals surface area contributed by atoms with E-state index in [2.05, 4.69) is 31.9 Å². The molecule has 3 N–H and O–H groups in total. The minimum absolute atomic E-state index is 0.0746. The van der Waals surface area contributed by atoms with E-state index in [1.165, 1.54) is 0 Å². The molecule has 2 aromatic rings. The van der Waals surface area contributed by atoms with Gasteiger partial charge >= 0.3 is 0 Å². The second kappa shape index (κ2) is 4.43. The Hall–Kier alpha value is -1.07. The Morgan fingerprint density at radius 2 is 1.75 bits per heavy atom. The maximum atomic E-state index is 7.28. The highest BCUT2D eigenvalue weighted by atomic mass is 79.9. The summed E-state index contributed by atoms with van der Waals surface area (Å²) in [5, 5.41) is 7.28. The summed E-state index contributed by atoms with van der Waals surface area (Å²) in [5.74, 6) is 0.969. The third-order valence-electron chi connectivity index (χ3n) is 2.08. The number of benzene rings is 1. The standard InChI is InChI=1S/C11H8Br2N2O/c12-6-2-1-3-7(13)10(6)8-4-5-9(16-8)11(14)15/h1-5H,(H3,14,15). The highest BCUT2D eigenvalue weighted by Gasteiger charge is 2.12. The van der Waals surface area contributed by atoms with E-state index in [1.54, 1.807) is 12.1 Å². The summed E-state index contributed by atoms with van der Waals surface area (Å²) in [5.41, 5.74) is 6.26. The first-order valence-corrected chi connectivity index (χ1v) is 6.07. The Morgan fingerprint density at radius 1 is 1.12 bits per heavy atom. The Morgan fingerprint density at radius 3 is 2.25 bits per heavy atom. The van der Waals surface area contributed by atoms with Crippen LogP contribution in [0.15, 0.2) is 43.7 Å². The minimum atomic E-state index is -0.0746. The van der Waals surface area contributed by atoms with Gasteiger partial charge < -0.3 is 10.2 Å². The van der Waals surface area contributed by atoms with Gasteiger partial charge in [-0.15, -0.1) is 0 Å². The molecule has 0 unspecified atom stereocenters. The molecular weight excluding hydrogens is 336 g/mol. The summed E-state index contributed by atoms with van der Waals surface area (Å²) in [6.45, 7) is 0. The fourth-order valence-electron chi connectivity index (χ4n) is 1.35. The van der Waals surface area contributed by atoms with E-state index >= 15 is 0 Å². The molecule has 0 saturated heterocycles. The van der Waals surface area contributed by atoms with Crippen LogP contribution in [0, 0.1) is 5.41 Å². The first-order chi connectivity index (χ1) is 7.59. The van der Waals surface area contributed by atoms with Crippen molar-refractivity contribution in [2.75, 3.05) is 0 Å². The zero-order valence-electron chi connectivity index (χ0n) is 8.13. The molecule has 0 saturated carbocycles. The molecule has 0 bridgehead atoms. The van der Waals surface area contributed by atoms with E-state index in [0.717, 1.165) is 14.5 Å². The van der Waals surface area contributed by atoms with E-state index in [1.807, 2.05) is 18.2 Å². The van der Waals surface area contributed by atoms with Crippen LogP contribution in [0.25, 0.3) is 11.3 Å². The summed E-state index contributed by atoms with van der Waals surface area (Å²) in [6.07, 6.45) is 0. The van der Waals surface area contributed by atoms with Gasteiger partial charge in [-0.2, -0.15) is 0 Å². The minimum Gasteiger partial charge on any atom is -0.453 e. The number of nitrogen functional groups attached to an aromatic ring is 1. The molecular formula is C11H8Br2N2O. The van der Waals surface area contributed by atoms with E-state index in [4.69, 9.17) is 15.6 Å². The quantitative estimate of drug-likeness (QED) is 0.644. The largest absolute Gasteiger partial charge is 0.453 e. The molecule has 1 heterocycles. The molecule has 0 atom stereocenters. The summed E-state index contributed by atoms with van der Waals surface area (Å²) in [7, 11) is 0. The van der Waals surface area contributed by atoms with Crippen molar-refractivity contribution < 1.29 is 4.42 Å². The number of hydrogen-bond acceptors (Lipinski definition) is 2. The number of hydrogen-bond donors (Lipinski definition) is 2. The van der Waals surface area contributed by atoms with Gasteiger partial charge in [0.1, 0.15) is 5.76 Å². The summed E-state index contributed by atoms with van der Waals surface area (Å²) >= 11 is 6.91. The first kappa shape index (κ1) is 11.4. The fourth-order valence-corrected chi connectivity index (χ4v) is 2.74. The Kier molecular flexibility index (Phi) is 3.16. The maximum Gasteiger partial charge on any atom is 0.168 e. The summed E-state index contributed by atoms with van der Waals surface area (Å²) < 4.78 is 7.33. The number of halogens is 2. The SMILES string of the molecule is N=C(N)c1ccc(-c2c(Br)cccc2Br)o1. The van der Waals surface area contributed by atoms with E-state index in [0.29, 0.717) is 11.5 Å². The van der Waals surface area contributed by atoms with Crippen molar-refractivity contribution >= 4 is 37.7 Å². The van der Waals surface area contributed by atoms with Gasteiger partial charge in [0.25, 0.3) is 0 Å². The summed E-state index contributed by atoms with van der Waals surface area (Å²) in [4.78, 5) is 0. The molecule has 0 amide bonds. The maximum absolute atomic E-state index is 7.28. The Bertz CT molecular complexity index is 528. The van der Waals surface area contributed by atoms with Gasteiger partial charge in [0.2, 0.25) is 0 Å². The van der Waals surface area contributed by atoms with Gasteiger partial charge in [-0.05, 0) is 56.1 Å². The normalized spacial score (nSPS) is 10.4. The van der Waals surface area contributed by atoms with Crippen LogP contribution < -0.4 is 5.73 Å². The molecule has 0 spiro atoms. The van der Waals surface area contributed by atoms with Crippen molar-refractivity contribution in [3.63, 3.8) is 0 Å². The van der Waals surface area contributed by atoms with Crippen molar-refractivity contribution in [2.24, 2.45) is 5.73 Å². The third-order valence-corrected chi connectivity index (χ3v) is 3.40. The van der Waals surface area contributed by atoms with Crippen molar-refractivity contribution in [3.05, 3.63) is 45.0 Å². The van der Waals surface area contributed by atoms with E-state index < -0.39 is 0 Å². The molecule has 82 valence electrons. The predicted octanol–water partition coefficient (Wildman–Crippen LogP) is 3.76. The fraction of sp³-hybridized carbons (Fsp3) is 0.